The van der Waals surface area contributed by atoms with Crippen molar-refractivity contribution in [1.29, 1.82) is 0 Å². The van der Waals surface area contributed by atoms with Crippen LogP contribution in [0, 0.1) is 6.92 Å². The molecule has 28 heavy (non-hydrogen) atoms. The summed E-state index contributed by atoms with van der Waals surface area (Å²) in [5.41, 5.74) is 2.66. The van der Waals surface area contributed by atoms with Crippen molar-refractivity contribution < 1.29 is 9.53 Å². The molecule has 0 aromatic heterocycles. The number of Topliss-reactive ketones (excluding diaryl/α,β-unsaturated/α-hetero) is 1. The van der Waals surface area contributed by atoms with Gasteiger partial charge in [-0.05, 0) is 30.2 Å². The van der Waals surface area contributed by atoms with Crippen LogP contribution in [0.15, 0.2) is 89.1 Å². The summed E-state index contributed by atoms with van der Waals surface area (Å²) in [6.07, 6.45) is -0.520. The molecule has 5 rings (SSSR count). The number of para-hydroxylation sites is 1. The molecule has 4 heteroatoms. The molecular formula is C24H20N2O2. The highest BCUT2D eigenvalue weighted by Gasteiger charge is 2.60. The van der Waals surface area contributed by atoms with Gasteiger partial charge >= 0.3 is 0 Å². The van der Waals surface area contributed by atoms with Gasteiger partial charge in [0.05, 0.1) is 12.1 Å². The lowest BCUT2D eigenvalue weighted by Crippen LogP contribution is -2.51. The molecule has 3 aromatic carbocycles. The predicted molar refractivity (Wildman–Crippen MR) is 107 cm³/mol. The molecule has 2 heterocycles. The number of fused-ring (bicyclic) bond motifs is 1. The van der Waals surface area contributed by atoms with Crippen LogP contribution in [0.4, 0.5) is 0 Å². The van der Waals surface area contributed by atoms with E-state index in [-0.39, 0.29) is 11.7 Å². The zero-order valence-electron chi connectivity index (χ0n) is 15.6. The Hall–Kier alpha value is -3.27. The SMILES string of the molecule is Cc1ccc([C@@H]2CN=N[C@@]23C(=O)c2ccccc2O[C@H]3c2ccccc2)cc1. The Morgan fingerprint density at radius 1 is 0.893 bits per heavy atom. The molecule has 138 valence electrons. The lowest BCUT2D eigenvalue weighted by molar-refractivity contribution is 0.0521. The minimum atomic E-state index is -1.09. The van der Waals surface area contributed by atoms with Gasteiger partial charge in [0.15, 0.2) is 11.6 Å². The number of nitrogens with zero attached hydrogens (tertiary/aromatic N) is 2. The summed E-state index contributed by atoms with van der Waals surface area (Å²) in [6.45, 7) is 2.53. The van der Waals surface area contributed by atoms with Crippen molar-refractivity contribution in [2.24, 2.45) is 10.2 Å². The van der Waals surface area contributed by atoms with E-state index in [1.165, 1.54) is 5.56 Å². The minimum absolute atomic E-state index is 0.0185. The molecule has 0 fully saturated rings. The van der Waals surface area contributed by atoms with Crippen LogP contribution >= 0.6 is 0 Å². The molecule has 0 unspecified atom stereocenters. The van der Waals surface area contributed by atoms with Gasteiger partial charge in [-0.2, -0.15) is 10.2 Å². The van der Waals surface area contributed by atoms with E-state index in [0.717, 1.165) is 11.1 Å². The summed E-state index contributed by atoms with van der Waals surface area (Å²) >= 11 is 0. The van der Waals surface area contributed by atoms with Crippen LogP contribution in [-0.2, 0) is 0 Å². The Balaban J connectivity index is 1.72. The smallest absolute Gasteiger partial charge is 0.200 e. The van der Waals surface area contributed by atoms with Crippen LogP contribution in [0.3, 0.4) is 0 Å². The molecule has 0 saturated carbocycles. The van der Waals surface area contributed by atoms with E-state index in [0.29, 0.717) is 17.9 Å². The molecule has 2 aliphatic heterocycles. The van der Waals surface area contributed by atoms with Crippen LogP contribution in [-0.4, -0.2) is 17.9 Å². The number of carbonyl (C=O) groups is 1. The van der Waals surface area contributed by atoms with Crippen molar-refractivity contribution in [3.63, 3.8) is 0 Å². The van der Waals surface area contributed by atoms with Gasteiger partial charge in [-0.15, -0.1) is 0 Å². The Labute approximate surface area is 163 Å². The van der Waals surface area contributed by atoms with Crippen LogP contribution in [0.25, 0.3) is 0 Å². The molecule has 0 radical (unpaired) electrons. The van der Waals surface area contributed by atoms with E-state index in [9.17, 15) is 4.79 Å². The molecule has 2 aliphatic rings. The molecular weight excluding hydrogens is 348 g/mol. The maximum Gasteiger partial charge on any atom is 0.200 e. The second kappa shape index (κ2) is 6.41. The van der Waals surface area contributed by atoms with Gasteiger partial charge in [-0.25, -0.2) is 0 Å². The molecule has 0 amide bonds. The Bertz CT molecular complexity index is 1060. The molecule has 0 N–H and O–H groups in total. The quantitative estimate of drug-likeness (QED) is 0.616. The molecule has 0 saturated heterocycles. The van der Waals surface area contributed by atoms with E-state index < -0.39 is 11.6 Å². The number of carbonyl (C=O) groups excluding carboxylic acids is 1. The van der Waals surface area contributed by atoms with Crippen LogP contribution in [0.2, 0.25) is 0 Å². The van der Waals surface area contributed by atoms with Crippen molar-refractivity contribution in [1.82, 2.24) is 0 Å². The summed E-state index contributed by atoms with van der Waals surface area (Å²) in [6, 6.07) is 25.6. The fourth-order valence-corrected chi connectivity index (χ4v) is 4.30. The number of aryl methyl sites for hydroxylation is 1. The molecule has 3 atom stereocenters. The topological polar surface area (TPSA) is 51.0 Å². The standard InChI is InChI=1S/C24H20N2O2/c1-16-11-13-17(14-12-16)20-15-25-26-24(20)22(27)19-9-5-6-10-21(19)28-23(24)18-7-3-2-4-8-18/h2-14,20,23H,15H2,1H3/t20-,23-,24+/m0/s1. The monoisotopic (exact) mass is 368 g/mol. The Kier molecular flexibility index (Phi) is 3.86. The number of ketones is 1. The Morgan fingerprint density at radius 3 is 2.39 bits per heavy atom. The first kappa shape index (κ1) is 16.9. The number of ether oxygens (including phenoxy) is 1. The maximum absolute atomic E-state index is 13.8. The molecule has 1 spiro atoms. The summed E-state index contributed by atoms with van der Waals surface area (Å²) in [4.78, 5) is 13.8. The van der Waals surface area contributed by atoms with Crippen molar-refractivity contribution in [2.75, 3.05) is 6.54 Å². The van der Waals surface area contributed by atoms with E-state index in [2.05, 4.69) is 41.4 Å². The van der Waals surface area contributed by atoms with Gasteiger partial charge in [0.2, 0.25) is 5.78 Å². The van der Waals surface area contributed by atoms with Crippen LogP contribution < -0.4 is 4.74 Å². The molecule has 3 aromatic rings. The van der Waals surface area contributed by atoms with Gasteiger partial charge in [0, 0.05) is 5.92 Å². The van der Waals surface area contributed by atoms with Crippen LogP contribution in [0.5, 0.6) is 5.75 Å². The van der Waals surface area contributed by atoms with Crippen LogP contribution in [0.1, 0.15) is 39.1 Å². The van der Waals surface area contributed by atoms with Crippen molar-refractivity contribution in [2.45, 2.75) is 24.5 Å². The molecule has 0 aliphatic carbocycles. The Morgan fingerprint density at radius 2 is 1.61 bits per heavy atom. The highest BCUT2D eigenvalue weighted by Crippen LogP contribution is 2.52. The van der Waals surface area contributed by atoms with Gasteiger partial charge in [0.25, 0.3) is 0 Å². The lowest BCUT2D eigenvalue weighted by atomic mass is 9.69. The molecule has 4 nitrogen and oxygen atoms in total. The van der Waals surface area contributed by atoms with Gasteiger partial charge in [-0.3, -0.25) is 4.79 Å². The third kappa shape index (κ3) is 2.41. The lowest BCUT2D eigenvalue weighted by Gasteiger charge is -2.41. The molecule has 0 bridgehead atoms. The largest absolute Gasteiger partial charge is 0.482 e. The van der Waals surface area contributed by atoms with Gasteiger partial charge in [0.1, 0.15) is 5.75 Å². The minimum Gasteiger partial charge on any atom is -0.482 e. The number of hydrogen-bond acceptors (Lipinski definition) is 4. The average Bonchev–Trinajstić information content (AvgIpc) is 3.17. The van der Waals surface area contributed by atoms with E-state index >= 15 is 0 Å². The first-order valence-electron chi connectivity index (χ1n) is 9.51. The van der Waals surface area contributed by atoms with Gasteiger partial charge < -0.3 is 4.74 Å². The third-order valence-electron chi connectivity index (χ3n) is 5.75. The van der Waals surface area contributed by atoms with Crippen molar-refractivity contribution in [3.05, 3.63) is 101 Å². The zero-order valence-corrected chi connectivity index (χ0v) is 15.6. The van der Waals surface area contributed by atoms with E-state index in [4.69, 9.17) is 4.74 Å². The normalized spacial score (nSPS) is 25.5. The fraction of sp³-hybridized carbons (Fsp3) is 0.208. The average molecular weight is 368 g/mol. The first-order chi connectivity index (χ1) is 13.7. The van der Waals surface area contributed by atoms with Crippen molar-refractivity contribution in [3.8, 4) is 5.75 Å². The van der Waals surface area contributed by atoms with E-state index in [1.54, 1.807) is 0 Å². The summed E-state index contributed by atoms with van der Waals surface area (Å²) < 4.78 is 6.43. The number of benzene rings is 3. The first-order valence-corrected chi connectivity index (χ1v) is 9.51. The number of azo groups is 1. The number of hydrogen-bond donors (Lipinski definition) is 0. The zero-order chi connectivity index (χ0) is 19.1. The highest BCUT2D eigenvalue weighted by atomic mass is 16.5. The summed E-state index contributed by atoms with van der Waals surface area (Å²) in [7, 11) is 0. The number of rotatable bonds is 2. The second-order valence-electron chi connectivity index (χ2n) is 7.45. The predicted octanol–water partition coefficient (Wildman–Crippen LogP) is 5.30. The highest BCUT2D eigenvalue weighted by molar-refractivity contribution is 6.08. The fourth-order valence-electron chi connectivity index (χ4n) is 4.30. The summed E-state index contributed by atoms with van der Waals surface area (Å²) in [5, 5.41) is 8.96. The third-order valence-corrected chi connectivity index (χ3v) is 5.75. The van der Waals surface area contributed by atoms with Gasteiger partial charge in [-0.1, -0.05) is 72.3 Å². The van der Waals surface area contributed by atoms with Crippen molar-refractivity contribution >= 4 is 5.78 Å². The maximum atomic E-state index is 13.8. The summed E-state index contributed by atoms with van der Waals surface area (Å²) in [5.74, 6) is 0.422. The second-order valence-corrected chi connectivity index (χ2v) is 7.45. The van der Waals surface area contributed by atoms with E-state index in [1.807, 2.05) is 54.6 Å².